The van der Waals surface area contributed by atoms with Crippen LogP contribution in [0.2, 0.25) is 0 Å². The van der Waals surface area contributed by atoms with Gasteiger partial charge in [-0.05, 0) is 240 Å². The fourth-order valence-corrected chi connectivity index (χ4v) is 12.9. The van der Waals surface area contributed by atoms with Crippen LogP contribution in [0.3, 0.4) is 0 Å². The molecular formula is C89H125N2O12+. The summed E-state index contributed by atoms with van der Waals surface area (Å²) in [6.45, 7) is 31.1. The molecule has 103 heavy (non-hydrogen) atoms. The minimum absolute atomic E-state index is 0.574. The summed E-state index contributed by atoms with van der Waals surface area (Å²) < 4.78 is 84.1. The molecule has 0 radical (unpaired) electrons. The molecule has 1 heterocycles. The fourth-order valence-electron chi connectivity index (χ4n) is 12.9. The molecule has 0 saturated carbocycles. The smallest absolute Gasteiger partial charge is 0.243 e. The number of aryl methyl sites for hydroxylation is 2. The highest BCUT2D eigenvalue weighted by Crippen LogP contribution is 2.50. The van der Waals surface area contributed by atoms with Gasteiger partial charge in [0.15, 0.2) is 69.0 Å². The Morgan fingerprint density at radius 3 is 0.573 bits per heavy atom. The van der Waals surface area contributed by atoms with E-state index < -0.39 is 0 Å². The van der Waals surface area contributed by atoms with E-state index in [0.29, 0.717) is 79.3 Å². The molecule has 14 heteroatoms. The van der Waals surface area contributed by atoms with Crippen LogP contribution in [0.15, 0.2) is 91.5 Å². The van der Waals surface area contributed by atoms with Gasteiger partial charge in [0.05, 0.1) is 92.4 Å². The van der Waals surface area contributed by atoms with E-state index in [2.05, 4.69) is 170 Å². The van der Waals surface area contributed by atoms with Gasteiger partial charge in [-0.2, -0.15) is 0 Å². The van der Waals surface area contributed by atoms with Crippen LogP contribution in [-0.4, -0.2) is 83.8 Å². The van der Waals surface area contributed by atoms with Gasteiger partial charge in [0.2, 0.25) is 6.33 Å². The van der Waals surface area contributed by atoms with Crippen LogP contribution in [0, 0.1) is 0 Å². The quantitative estimate of drug-likeness (QED) is 0.0205. The molecule has 0 bridgehead atoms. The van der Waals surface area contributed by atoms with Crippen LogP contribution in [0.1, 0.15) is 236 Å². The molecule has 562 valence electrons. The van der Waals surface area contributed by atoms with Crippen molar-refractivity contribution in [3.8, 4) is 69.0 Å². The van der Waals surface area contributed by atoms with Crippen molar-refractivity contribution in [2.24, 2.45) is 0 Å². The molecule has 0 amide bonds. The van der Waals surface area contributed by atoms with Crippen molar-refractivity contribution in [2.45, 2.75) is 249 Å². The largest absolute Gasteiger partial charge is 0.490 e. The van der Waals surface area contributed by atoms with E-state index in [1.54, 1.807) is 0 Å². The van der Waals surface area contributed by atoms with Gasteiger partial charge in [0, 0.05) is 0 Å². The third-order valence-corrected chi connectivity index (χ3v) is 19.2. The summed E-state index contributed by atoms with van der Waals surface area (Å²) in [6, 6.07) is 26.3. The summed E-state index contributed by atoms with van der Waals surface area (Å²) in [4.78, 5) is 0. The molecule has 9 aromatic rings. The average Bonchev–Trinajstić information content (AvgIpc) is 1.60. The first-order valence-corrected chi connectivity index (χ1v) is 40.4. The highest BCUT2D eigenvalue weighted by molar-refractivity contribution is 6.28. The Labute approximate surface area is 616 Å². The van der Waals surface area contributed by atoms with Crippen LogP contribution in [-0.2, 0) is 13.1 Å². The SMILES string of the molecule is CCCCOc1cc2c3cc(OCCCC)c(OCCCC)cc3c3cc(OCCCCCn4cc[n+](CCCCCOc5cc6c7cc(OCCCC)c(OCCCC)cc7c7cc(OCCCC)c(OCCCC)cc7c6cc5OCCCC)c4)c(OCCCC)cc3c2cc1OCCCC. The number of aromatic nitrogens is 2. The van der Waals surface area contributed by atoms with Gasteiger partial charge in [-0.1, -0.05) is 133 Å². The van der Waals surface area contributed by atoms with Crippen LogP contribution in [0.25, 0.3) is 64.6 Å². The van der Waals surface area contributed by atoms with Crippen molar-refractivity contribution < 1.29 is 61.4 Å². The maximum absolute atomic E-state index is 6.82. The Hall–Kier alpha value is -7.87. The topological polar surface area (TPSA) is 120 Å². The van der Waals surface area contributed by atoms with Gasteiger partial charge < -0.3 is 56.8 Å². The molecular weight excluding hydrogens is 1290 g/mol. The molecule has 9 rings (SSSR count). The van der Waals surface area contributed by atoms with Crippen molar-refractivity contribution in [3.05, 3.63) is 91.5 Å². The molecule has 8 aromatic carbocycles. The summed E-state index contributed by atoms with van der Waals surface area (Å²) >= 11 is 0. The maximum atomic E-state index is 6.82. The summed E-state index contributed by atoms with van der Waals surface area (Å²) in [7, 11) is 0. The molecule has 0 aliphatic rings. The number of hydrogen-bond acceptors (Lipinski definition) is 12. The van der Waals surface area contributed by atoms with Gasteiger partial charge in [0.25, 0.3) is 0 Å². The number of unbranched alkanes of at least 4 members (excludes halogenated alkanes) is 14. The van der Waals surface area contributed by atoms with Crippen LogP contribution < -0.4 is 61.4 Å². The van der Waals surface area contributed by atoms with Crippen molar-refractivity contribution in [2.75, 3.05) is 79.3 Å². The molecule has 0 N–H and O–H groups in total. The zero-order chi connectivity index (χ0) is 72.4. The molecule has 0 aliphatic carbocycles. The first kappa shape index (κ1) is 79.3. The van der Waals surface area contributed by atoms with E-state index >= 15 is 0 Å². The minimum Gasteiger partial charge on any atom is -0.490 e. The summed E-state index contributed by atoms with van der Waals surface area (Å²) in [5.74, 6) is 9.13. The number of nitrogens with zero attached hydrogens (tertiary/aromatic N) is 2. The third kappa shape index (κ3) is 22.3. The Morgan fingerprint density at radius 2 is 0.388 bits per heavy atom. The lowest BCUT2D eigenvalue weighted by molar-refractivity contribution is -0.696. The molecule has 1 aromatic heterocycles. The highest BCUT2D eigenvalue weighted by atomic mass is 16.5. The molecule has 0 saturated heterocycles. The summed E-state index contributed by atoms with van der Waals surface area (Å²) in [5.41, 5.74) is 0. The van der Waals surface area contributed by atoms with Crippen molar-refractivity contribution in [3.63, 3.8) is 0 Å². The normalized spacial score (nSPS) is 11.6. The second kappa shape index (κ2) is 43.4. The average molecular weight is 1410 g/mol. The van der Waals surface area contributed by atoms with Gasteiger partial charge >= 0.3 is 0 Å². The Kier molecular flexibility index (Phi) is 33.4. The lowest BCUT2D eigenvalue weighted by Gasteiger charge is -2.20. The monoisotopic (exact) mass is 1410 g/mol. The van der Waals surface area contributed by atoms with Crippen molar-refractivity contribution in [1.29, 1.82) is 0 Å². The van der Waals surface area contributed by atoms with E-state index in [-0.39, 0.29) is 0 Å². The number of fused-ring (bicyclic) bond motifs is 12. The van der Waals surface area contributed by atoms with E-state index in [1.165, 1.54) is 0 Å². The summed E-state index contributed by atoms with van der Waals surface area (Å²) in [6.07, 6.45) is 32.6. The predicted octanol–water partition coefficient (Wildman–Crippen LogP) is 24.0. The van der Waals surface area contributed by atoms with Crippen LogP contribution >= 0.6 is 0 Å². The first-order chi connectivity index (χ1) is 50.7. The van der Waals surface area contributed by atoms with E-state index in [4.69, 9.17) is 56.8 Å². The molecule has 0 aliphatic heterocycles. The number of rotatable bonds is 54. The molecule has 0 unspecified atom stereocenters. The second-order valence-electron chi connectivity index (χ2n) is 27.8. The lowest BCUT2D eigenvalue weighted by atomic mass is 9.93. The first-order valence-electron chi connectivity index (χ1n) is 40.4. The standard InChI is InChI=1S/C89H125N2O12/c1-11-21-41-92-78-53-66-68-55-80(94-43-23-13-3)84(98-47-27-17-7)59-72(68)76-63-88(86(100-49-29-19-9)61-74(76)70(66)57-82(78)96-45-25-15-5)102-51-35-31-33-37-90-39-40-91(65-90)38-34-32-36-52-103-89-64-77-73-60-85(99-48-28-18-8)81(95-44-24-14-4)56-69(73)67-54-79(93-42-22-12-2)83(97-46-26-16-6)58-71(67)75(77)62-87(89)101-50-30-20-10/h39-40,53-65H,11-38,41-52H2,1-10H3/q+1. The zero-order valence-corrected chi connectivity index (χ0v) is 64.7. The summed E-state index contributed by atoms with van der Waals surface area (Å²) in [5, 5.41) is 12.8. The molecule has 0 atom stereocenters. The van der Waals surface area contributed by atoms with Gasteiger partial charge in [0.1, 0.15) is 12.4 Å². The number of hydrogen-bond donors (Lipinski definition) is 0. The van der Waals surface area contributed by atoms with E-state index in [0.717, 1.165) is 314 Å². The fraction of sp³-hybridized carbons (Fsp3) is 0.562. The number of imidazole rings is 1. The minimum atomic E-state index is 0.574. The maximum Gasteiger partial charge on any atom is 0.243 e. The third-order valence-electron chi connectivity index (χ3n) is 19.2. The zero-order valence-electron chi connectivity index (χ0n) is 64.7. The van der Waals surface area contributed by atoms with E-state index in [9.17, 15) is 0 Å². The van der Waals surface area contributed by atoms with E-state index in [1.807, 2.05) is 0 Å². The molecule has 14 nitrogen and oxygen atoms in total. The van der Waals surface area contributed by atoms with Crippen LogP contribution in [0.4, 0.5) is 0 Å². The van der Waals surface area contributed by atoms with Gasteiger partial charge in [-0.3, -0.25) is 0 Å². The highest BCUT2D eigenvalue weighted by Gasteiger charge is 2.24. The Morgan fingerprint density at radius 1 is 0.214 bits per heavy atom. The van der Waals surface area contributed by atoms with Gasteiger partial charge in [-0.25, -0.2) is 9.13 Å². The molecule has 0 fully saturated rings. The lowest BCUT2D eigenvalue weighted by Crippen LogP contribution is -2.30. The number of benzene rings is 8. The Bertz CT molecular complexity index is 3680. The second-order valence-corrected chi connectivity index (χ2v) is 27.8. The molecule has 0 spiro atoms. The predicted molar refractivity (Wildman–Crippen MR) is 425 cm³/mol. The van der Waals surface area contributed by atoms with Crippen LogP contribution in [0.5, 0.6) is 69.0 Å². The van der Waals surface area contributed by atoms with Crippen molar-refractivity contribution in [1.82, 2.24) is 4.57 Å². The van der Waals surface area contributed by atoms with Gasteiger partial charge in [-0.15, -0.1) is 0 Å². The van der Waals surface area contributed by atoms with Crippen molar-refractivity contribution >= 4 is 64.6 Å². The number of ether oxygens (including phenoxy) is 12. The Balaban J connectivity index is 0.884.